The van der Waals surface area contributed by atoms with Crippen LogP contribution in [-0.2, 0) is 17.8 Å². The van der Waals surface area contributed by atoms with E-state index in [0.717, 1.165) is 60.8 Å². The van der Waals surface area contributed by atoms with Crippen LogP contribution in [0.5, 0.6) is 5.75 Å². The number of anilines is 1. The third kappa shape index (κ3) is 6.30. The smallest absolute Gasteiger partial charge is 0.241 e. The normalized spacial score (nSPS) is 14.5. The van der Waals surface area contributed by atoms with Crippen LogP contribution in [-0.4, -0.2) is 85.0 Å². The summed E-state index contributed by atoms with van der Waals surface area (Å²) in [7, 11) is 5.16. The van der Waals surface area contributed by atoms with Crippen molar-refractivity contribution in [3.8, 4) is 5.75 Å². The van der Waals surface area contributed by atoms with Gasteiger partial charge in [-0.1, -0.05) is 19.1 Å². The third-order valence-electron chi connectivity index (χ3n) is 5.09. The summed E-state index contributed by atoms with van der Waals surface area (Å²) < 4.78 is 9.61. The Bertz CT molecular complexity index is 874. The first-order valence-electron chi connectivity index (χ1n) is 10.4. The number of piperazine rings is 1. The Labute approximate surface area is 187 Å². The van der Waals surface area contributed by atoms with Crippen LogP contribution in [0.3, 0.4) is 0 Å². The van der Waals surface area contributed by atoms with Crippen molar-refractivity contribution >= 4 is 28.5 Å². The molecule has 1 amide bonds. The number of nitrogens with zero attached hydrogens (tertiary/aromatic N) is 6. The highest BCUT2D eigenvalue weighted by Gasteiger charge is 2.22. The molecule has 0 bridgehead atoms. The molecule has 1 aliphatic rings. The summed E-state index contributed by atoms with van der Waals surface area (Å²) in [5.74, 6) is 2.48. The fourth-order valence-electron chi connectivity index (χ4n) is 3.10. The minimum atomic E-state index is 0.0109. The van der Waals surface area contributed by atoms with Gasteiger partial charge in [0.15, 0.2) is 5.96 Å². The lowest BCUT2D eigenvalue weighted by Gasteiger charge is -2.36. The van der Waals surface area contributed by atoms with Crippen LogP contribution < -0.4 is 15.0 Å². The zero-order valence-electron chi connectivity index (χ0n) is 18.7. The van der Waals surface area contributed by atoms with Gasteiger partial charge in [-0.25, -0.2) is 9.98 Å². The van der Waals surface area contributed by atoms with Gasteiger partial charge in [-0.2, -0.15) is 4.37 Å². The predicted molar refractivity (Wildman–Crippen MR) is 124 cm³/mol. The molecule has 1 saturated heterocycles. The second-order valence-electron chi connectivity index (χ2n) is 7.45. The van der Waals surface area contributed by atoms with Gasteiger partial charge < -0.3 is 24.8 Å². The number of benzene rings is 1. The van der Waals surface area contributed by atoms with Crippen molar-refractivity contribution in [1.29, 1.82) is 0 Å². The van der Waals surface area contributed by atoms with E-state index in [-0.39, 0.29) is 12.5 Å². The van der Waals surface area contributed by atoms with Gasteiger partial charge in [0.1, 0.15) is 11.6 Å². The SMILES string of the molecule is CCc1nsc(N2CCN(C(=NCc3ccc(OC)cc3)NCC(=O)N(C)C)CC2)n1. The fraction of sp³-hybridized carbons (Fsp3) is 0.524. The molecule has 2 aromatic rings. The fourth-order valence-corrected chi connectivity index (χ4v) is 3.91. The maximum atomic E-state index is 12.1. The second kappa shape index (κ2) is 10.9. The highest BCUT2D eigenvalue weighted by Crippen LogP contribution is 2.19. The summed E-state index contributed by atoms with van der Waals surface area (Å²) in [6.45, 7) is 6.07. The minimum Gasteiger partial charge on any atom is -0.497 e. The molecule has 0 radical (unpaired) electrons. The highest BCUT2D eigenvalue weighted by molar-refractivity contribution is 7.09. The van der Waals surface area contributed by atoms with E-state index in [1.807, 2.05) is 24.3 Å². The van der Waals surface area contributed by atoms with Crippen molar-refractivity contribution in [2.24, 2.45) is 4.99 Å². The third-order valence-corrected chi connectivity index (χ3v) is 5.91. The molecule has 168 valence electrons. The molecule has 3 rings (SSSR count). The van der Waals surface area contributed by atoms with E-state index in [9.17, 15) is 4.79 Å². The van der Waals surface area contributed by atoms with Crippen molar-refractivity contribution in [1.82, 2.24) is 24.5 Å². The number of nitrogens with one attached hydrogen (secondary N) is 1. The van der Waals surface area contributed by atoms with E-state index in [1.54, 1.807) is 26.1 Å². The first-order valence-corrected chi connectivity index (χ1v) is 11.2. The molecule has 10 heteroatoms. The number of carbonyl (C=O) groups is 1. The zero-order valence-corrected chi connectivity index (χ0v) is 19.5. The molecule has 0 aliphatic carbocycles. The molecule has 2 heterocycles. The summed E-state index contributed by atoms with van der Waals surface area (Å²) in [6.07, 6.45) is 0.850. The number of methoxy groups -OCH3 is 1. The lowest BCUT2D eigenvalue weighted by Crippen LogP contribution is -2.53. The maximum Gasteiger partial charge on any atom is 0.241 e. The van der Waals surface area contributed by atoms with Crippen molar-refractivity contribution in [2.75, 3.05) is 58.8 Å². The van der Waals surface area contributed by atoms with Gasteiger partial charge >= 0.3 is 0 Å². The molecule has 1 N–H and O–H groups in total. The summed E-state index contributed by atoms with van der Waals surface area (Å²) in [4.78, 5) is 27.5. The van der Waals surface area contributed by atoms with Gasteiger partial charge in [-0.15, -0.1) is 0 Å². The van der Waals surface area contributed by atoms with E-state index in [0.29, 0.717) is 6.54 Å². The topological polar surface area (TPSA) is 86.2 Å². The van der Waals surface area contributed by atoms with Crippen LogP contribution in [0.2, 0.25) is 0 Å². The summed E-state index contributed by atoms with van der Waals surface area (Å²) in [5.41, 5.74) is 1.08. The molecule has 1 aliphatic heterocycles. The molecule has 0 saturated carbocycles. The second-order valence-corrected chi connectivity index (χ2v) is 8.18. The number of hydrogen-bond acceptors (Lipinski definition) is 7. The van der Waals surface area contributed by atoms with Crippen molar-refractivity contribution in [2.45, 2.75) is 19.9 Å². The van der Waals surface area contributed by atoms with Gasteiger partial charge in [0, 0.05) is 58.2 Å². The molecule has 0 atom stereocenters. The average Bonchev–Trinajstić information content (AvgIpc) is 3.29. The largest absolute Gasteiger partial charge is 0.497 e. The summed E-state index contributed by atoms with van der Waals surface area (Å²) in [5, 5.41) is 4.22. The van der Waals surface area contributed by atoms with Crippen LogP contribution in [0, 0.1) is 0 Å². The first kappa shape index (κ1) is 22.8. The molecule has 0 unspecified atom stereocenters. The summed E-state index contributed by atoms with van der Waals surface area (Å²) in [6, 6.07) is 7.87. The Morgan fingerprint density at radius 2 is 1.94 bits per heavy atom. The zero-order chi connectivity index (χ0) is 22.2. The lowest BCUT2D eigenvalue weighted by atomic mass is 10.2. The first-order chi connectivity index (χ1) is 15.0. The average molecular weight is 446 g/mol. The molecule has 1 aromatic carbocycles. The Morgan fingerprint density at radius 3 is 2.52 bits per heavy atom. The monoisotopic (exact) mass is 445 g/mol. The van der Waals surface area contributed by atoms with Crippen LogP contribution in [0.1, 0.15) is 18.3 Å². The number of aliphatic imine (C=N–C) groups is 1. The number of carbonyl (C=O) groups excluding carboxylic acids is 1. The van der Waals surface area contributed by atoms with Gasteiger partial charge in [0.2, 0.25) is 11.0 Å². The Morgan fingerprint density at radius 1 is 1.23 bits per heavy atom. The van der Waals surface area contributed by atoms with E-state index >= 15 is 0 Å². The number of hydrogen-bond donors (Lipinski definition) is 1. The predicted octanol–water partition coefficient (Wildman–Crippen LogP) is 1.47. The number of aryl methyl sites for hydroxylation is 1. The van der Waals surface area contributed by atoms with Crippen molar-refractivity contribution in [3.05, 3.63) is 35.7 Å². The number of amides is 1. The standard InChI is InChI=1S/C21H31N7O2S/c1-5-18-24-21(31-25-18)28-12-10-27(11-13-28)20(23-15-19(29)26(2)3)22-14-16-6-8-17(30-4)9-7-16/h6-9H,5,10-15H2,1-4H3,(H,22,23). The highest BCUT2D eigenvalue weighted by atomic mass is 32.1. The lowest BCUT2D eigenvalue weighted by molar-refractivity contribution is -0.127. The van der Waals surface area contributed by atoms with Crippen LogP contribution in [0.4, 0.5) is 5.13 Å². The van der Waals surface area contributed by atoms with Gasteiger partial charge in [0.25, 0.3) is 0 Å². The summed E-state index contributed by atoms with van der Waals surface area (Å²) >= 11 is 1.46. The van der Waals surface area contributed by atoms with Gasteiger partial charge in [-0.05, 0) is 17.7 Å². The van der Waals surface area contributed by atoms with Crippen LogP contribution in [0.15, 0.2) is 29.3 Å². The molecule has 9 nitrogen and oxygen atoms in total. The van der Waals surface area contributed by atoms with E-state index in [1.165, 1.54) is 11.5 Å². The number of ether oxygens (including phenoxy) is 1. The van der Waals surface area contributed by atoms with Crippen molar-refractivity contribution < 1.29 is 9.53 Å². The molecule has 0 spiro atoms. The quantitative estimate of drug-likeness (QED) is 0.510. The van der Waals surface area contributed by atoms with E-state index < -0.39 is 0 Å². The molecule has 1 fully saturated rings. The van der Waals surface area contributed by atoms with E-state index in [4.69, 9.17) is 9.73 Å². The van der Waals surface area contributed by atoms with Crippen molar-refractivity contribution in [3.63, 3.8) is 0 Å². The maximum absolute atomic E-state index is 12.1. The molecular weight excluding hydrogens is 414 g/mol. The Kier molecular flexibility index (Phi) is 8.05. The van der Waals surface area contributed by atoms with E-state index in [2.05, 4.69) is 31.4 Å². The minimum absolute atomic E-state index is 0.0109. The Hall–Kier alpha value is -2.88. The molecule has 1 aromatic heterocycles. The molecular formula is C21H31N7O2S. The van der Waals surface area contributed by atoms with Crippen LogP contribution >= 0.6 is 11.5 Å². The van der Waals surface area contributed by atoms with Gasteiger partial charge in [0.05, 0.1) is 20.2 Å². The molecule has 31 heavy (non-hydrogen) atoms. The van der Waals surface area contributed by atoms with Gasteiger partial charge in [-0.3, -0.25) is 4.79 Å². The number of guanidine groups is 1. The number of rotatable bonds is 7. The number of likely N-dealkylation sites (N-methyl/N-ethyl adjacent to an activating group) is 1. The Balaban J connectivity index is 1.65. The number of aromatic nitrogens is 2. The van der Waals surface area contributed by atoms with Crippen LogP contribution in [0.25, 0.3) is 0 Å².